The van der Waals surface area contributed by atoms with Gasteiger partial charge in [-0.15, -0.1) is 11.6 Å². The van der Waals surface area contributed by atoms with Crippen LogP contribution in [0, 0.1) is 0 Å². The molecule has 0 bridgehead atoms. The molecule has 0 aliphatic carbocycles. The molecular formula is C61H115Cl. The maximum atomic E-state index is 6.69. The number of halogens is 1. The Balaban J connectivity index is 2.42. The van der Waals surface area contributed by atoms with Crippen LogP contribution in [-0.4, -0.2) is 0 Å². The van der Waals surface area contributed by atoms with Crippen LogP contribution in [0.25, 0.3) is 0 Å². The number of benzene rings is 1. The summed E-state index contributed by atoms with van der Waals surface area (Å²) in [5.74, 6) is 0.680. The normalized spacial score (nSPS) is 11.7. The zero-order valence-corrected chi connectivity index (χ0v) is 44.1. The van der Waals surface area contributed by atoms with Gasteiger partial charge in [-0.3, -0.25) is 0 Å². The molecule has 0 N–H and O–H groups in total. The van der Waals surface area contributed by atoms with E-state index >= 15 is 0 Å². The van der Waals surface area contributed by atoms with E-state index in [0.717, 1.165) is 0 Å². The van der Waals surface area contributed by atoms with Crippen molar-refractivity contribution in [3.05, 3.63) is 34.4 Å². The molecule has 0 aliphatic heterocycles. The highest BCUT2D eigenvalue weighted by Crippen LogP contribution is 2.28. The van der Waals surface area contributed by atoms with Crippen molar-refractivity contribution in [1.29, 1.82) is 0 Å². The average Bonchev–Trinajstić information content (AvgIpc) is 3.29. The topological polar surface area (TPSA) is 0 Å². The summed E-state index contributed by atoms with van der Waals surface area (Å²) in [4.78, 5) is 0. The monoisotopic (exact) mass is 883 g/mol. The van der Waals surface area contributed by atoms with Crippen LogP contribution in [0.3, 0.4) is 0 Å². The molecule has 0 unspecified atom stereocenters. The summed E-state index contributed by atoms with van der Waals surface area (Å²) in [5.41, 5.74) is 6.52. The van der Waals surface area contributed by atoms with Gasteiger partial charge in [-0.2, -0.15) is 0 Å². The predicted octanol–water partition coefficient (Wildman–Crippen LogP) is 22.8. The Labute approximate surface area is 398 Å². The SMILES string of the molecule is CCCCCCCCCCCCCCCCCCc1ccc(CCl)c(CCCCCCCCCCCCCCCCCC)c1CCCCCCCCCCCCCCCCCC. The lowest BCUT2D eigenvalue weighted by molar-refractivity contribution is 0.527. The summed E-state index contributed by atoms with van der Waals surface area (Å²) < 4.78 is 0. The summed E-state index contributed by atoms with van der Waals surface area (Å²) >= 11 is 6.69. The van der Waals surface area contributed by atoms with Gasteiger partial charge in [-0.25, -0.2) is 0 Å². The fraction of sp³-hybridized carbons (Fsp3) is 0.902. The van der Waals surface area contributed by atoms with Crippen molar-refractivity contribution in [3.8, 4) is 0 Å². The molecule has 0 radical (unpaired) electrons. The van der Waals surface area contributed by atoms with Crippen molar-refractivity contribution in [2.24, 2.45) is 0 Å². The van der Waals surface area contributed by atoms with Crippen LogP contribution in [-0.2, 0) is 25.1 Å². The fourth-order valence-electron chi connectivity index (χ4n) is 10.3. The molecule has 1 rings (SSSR count). The Hall–Kier alpha value is -0.490. The third-order valence-electron chi connectivity index (χ3n) is 14.6. The first kappa shape index (κ1) is 59.5. The molecule has 0 saturated heterocycles. The molecule has 0 nitrogen and oxygen atoms in total. The van der Waals surface area contributed by atoms with E-state index in [4.69, 9.17) is 11.6 Å². The first-order chi connectivity index (χ1) is 30.8. The summed E-state index contributed by atoms with van der Waals surface area (Å²) in [6.45, 7) is 6.95. The van der Waals surface area contributed by atoms with E-state index in [9.17, 15) is 0 Å². The summed E-state index contributed by atoms with van der Waals surface area (Å²) in [5, 5.41) is 0. The molecule has 1 aromatic carbocycles. The second-order valence-corrected chi connectivity index (χ2v) is 20.9. The van der Waals surface area contributed by atoms with Crippen LogP contribution in [0.2, 0.25) is 0 Å². The minimum Gasteiger partial charge on any atom is -0.122 e. The molecule has 0 atom stereocenters. The number of rotatable bonds is 52. The maximum Gasteiger partial charge on any atom is 0.0476 e. The number of unbranched alkanes of at least 4 members (excludes halogenated alkanes) is 45. The van der Waals surface area contributed by atoms with Crippen molar-refractivity contribution in [3.63, 3.8) is 0 Å². The van der Waals surface area contributed by atoms with E-state index in [1.807, 2.05) is 0 Å². The van der Waals surface area contributed by atoms with Crippen molar-refractivity contribution in [2.45, 2.75) is 354 Å². The third-order valence-corrected chi connectivity index (χ3v) is 14.9. The summed E-state index contributed by atoms with van der Waals surface area (Å²) in [6, 6.07) is 4.93. The van der Waals surface area contributed by atoms with Crippen molar-refractivity contribution < 1.29 is 0 Å². The van der Waals surface area contributed by atoms with Gasteiger partial charge < -0.3 is 0 Å². The molecule has 366 valence electrons. The third kappa shape index (κ3) is 38.7. The maximum absolute atomic E-state index is 6.69. The fourth-order valence-corrected chi connectivity index (χ4v) is 10.6. The minimum atomic E-state index is 0.680. The lowest BCUT2D eigenvalue weighted by Gasteiger charge is -2.19. The molecule has 0 heterocycles. The van der Waals surface area contributed by atoms with E-state index in [2.05, 4.69) is 32.9 Å². The molecule has 0 aliphatic rings. The molecule has 0 spiro atoms. The second kappa shape index (κ2) is 49.9. The zero-order chi connectivity index (χ0) is 44.5. The van der Waals surface area contributed by atoms with Crippen molar-refractivity contribution in [1.82, 2.24) is 0 Å². The smallest absolute Gasteiger partial charge is 0.0476 e. The lowest BCUT2D eigenvalue weighted by atomic mass is 9.87. The first-order valence-corrected chi connectivity index (χ1v) is 30.0. The Kier molecular flexibility index (Phi) is 47.9. The van der Waals surface area contributed by atoms with Gasteiger partial charge in [0, 0.05) is 5.88 Å². The van der Waals surface area contributed by atoms with E-state index < -0.39 is 0 Å². The Morgan fingerprint density at radius 1 is 0.226 bits per heavy atom. The van der Waals surface area contributed by atoms with Crippen LogP contribution < -0.4 is 0 Å². The molecule has 1 aromatic rings. The summed E-state index contributed by atoms with van der Waals surface area (Å²) in [7, 11) is 0. The Bertz CT molecular complexity index is 995. The van der Waals surface area contributed by atoms with E-state index in [-0.39, 0.29) is 0 Å². The number of hydrogen-bond acceptors (Lipinski definition) is 0. The van der Waals surface area contributed by atoms with Crippen molar-refractivity contribution in [2.75, 3.05) is 0 Å². The van der Waals surface area contributed by atoms with Gasteiger partial charge >= 0.3 is 0 Å². The number of hydrogen-bond donors (Lipinski definition) is 0. The van der Waals surface area contributed by atoms with Gasteiger partial charge in [0.2, 0.25) is 0 Å². The standard InChI is InChI=1S/C61H115Cl/c1-4-7-10-13-16-19-22-25-28-31-34-37-40-43-46-49-52-58-55-56-59(57-62)61(54-51-48-45-42-39-36-33-30-27-24-21-18-15-12-9-6-3)60(58)53-50-47-44-41-38-35-32-29-26-23-20-17-14-11-8-5-2/h55-56H,4-54,57H2,1-3H3. The predicted molar refractivity (Wildman–Crippen MR) is 286 cm³/mol. The molecular weight excluding hydrogens is 768 g/mol. The van der Waals surface area contributed by atoms with E-state index in [1.165, 1.54) is 333 Å². The highest BCUT2D eigenvalue weighted by molar-refractivity contribution is 6.17. The summed E-state index contributed by atoms with van der Waals surface area (Å²) in [6.07, 6.45) is 73.0. The van der Waals surface area contributed by atoms with Gasteiger partial charge in [-0.05, 0) is 60.8 Å². The highest BCUT2D eigenvalue weighted by Gasteiger charge is 2.13. The number of alkyl halides is 1. The second-order valence-electron chi connectivity index (χ2n) is 20.6. The molecule has 0 saturated carbocycles. The van der Waals surface area contributed by atoms with E-state index in [0.29, 0.717) is 5.88 Å². The molecule has 0 aromatic heterocycles. The van der Waals surface area contributed by atoms with Gasteiger partial charge in [0.25, 0.3) is 0 Å². The molecule has 0 fully saturated rings. The molecule has 1 heteroatoms. The van der Waals surface area contributed by atoms with Crippen LogP contribution in [0.4, 0.5) is 0 Å². The van der Waals surface area contributed by atoms with Crippen LogP contribution >= 0.6 is 11.6 Å². The molecule has 62 heavy (non-hydrogen) atoms. The van der Waals surface area contributed by atoms with Gasteiger partial charge in [0.15, 0.2) is 0 Å². The molecule has 0 amide bonds. The van der Waals surface area contributed by atoms with Gasteiger partial charge in [0.05, 0.1) is 0 Å². The largest absolute Gasteiger partial charge is 0.122 e. The van der Waals surface area contributed by atoms with Gasteiger partial charge in [-0.1, -0.05) is 322 Å². The minimum absolute atomic E-state index is 0.680. The van der Waals surface area contributed by atoms with Crippen LogP contribution in [0.1, 0.15) is 351 Å². The first-order valence-electron chi connectivity index (χ1n) is 29.5. The zero-order valence-electron chi connectivity index (χ0n) is 43.3. The van der Waals surface area contributed by atoms with E-state index in [1.54, 1.807) is 16.7 Å². The Morgan fingerprint density at radius 2 is 0.403 bits per heavy atom. The van der Waals surface area contributed by atoms with Crippen molar-refractivity contribution >= 4 is 11.6 Å². The quantitative estimate of drug-likeness (QED) is 0.0452. The number of aryl methyl sites for hydroxylation is 1. The van der Waals surface area contributed by atoms with Crippen LogP contribution in [0.5, 0.6) is 0 Å². The Morgan fingerprint density at radius 3 is 0.629 bits per heavy atom. The highest BCUT2D eigenvalue weighted by atomic mass is 35.5. The van der Waals surface area contributed by atoms with Crippen LogP contribution in [0.15, 0.2) is 12.1 Å². The van der Waals surface area contributed by atoms with Gasteiger partial charge in [0.1, 0.15) is 0 Å². The lowest BCUT2D eigenvalue weighted by Crippen LogP contribution is -2.05. The average molecular weight is 884 g/mol.